The summed E-state index contributed by atoms with van der Waals surface area (Å²) in [4.78, 5) is 0. The second-order valence-corrected chi connectivity index (χ2v) is 3.89. The Bertz CT molecular complexity index is 452. The van der Waals surface area contributed by atoms with Crippen molar-refractivity contribution < 1.29 is 4.74 Å². The molecule has 0 saturated heterocycles. The van der Waals surface area contributed by atoms with Gasteiger partial charge in [0, 0.05) is 0 Å². The summed E-state index contributed by atoms with van der Waals surface area (Å²) >= 11 is 0. The highest BCUT2D eigenvalue weighted by molar-refractivity contribution is 5.32. The van der Waals surface area contributed by atoms with E-state index in [-0.39, 0.29) is 6.04 Å². The van der Waals surface area contributed by atoms with Gasteiger partial charge in [0.2, 0.25) is 0 Å². The molecule has 5 nitrogen and oxygen atoms in total. The summed E-state index contributed by atoms with van der Waals surface area (Å²) in [6.45, 7) is 5.59. The van der Waals surface area contributed by atoms with E-state index in [4.69, 9.17) is 4.74 Å². The highest BCUT2D eigenvalue weighted by atomic mass is 16.5. The van der Waals surface area contributed by atoms with Crippen molar-refractivity contribution in [2.75, 3.05) is 13.2 Å². The van der Waals surface area contributed by atoms with Gasteiger partial charge in [-0.05, 0) is 31.2 Å². The number of nitrogens with one attached hydrogen (secondary N) is 2. The minimum Gasteiger partial charge on any atom is -0.494 e. The lowest BCUT2D eigenvalue weighted by atomic mass is 10.0. The van der Waals surface area contributed by atoms with Gasteiger partial charge in [-0.3, -0.25) is 0 Å². The third-order valence-electron chi connectivity index (χ3n) is 2.66. The van der Waals surface area contributed by atoms with Gasteiger partial charge in [-0.15, -0.1) is 0 Å². The van der Waals surface area contributed by atoms with Gasteiger partial charge in [-0.25, -0.2) is 0 Å². The summed E-state index contributed by atoms with van der Waals surface area (Å²) in [5, 5.41) is 14.0. The fraction of sp³-hybridized carbons (Fsp3) is 0.385. The normalized spacial score (nSPS) is 12.3. The van der Waals surface area contributed by atoms with Crippen molar-refractivity contribution in [3.63, 3.8) is 0 Å². The Morgan fingerprint density at radius 1 is 1.28 bits per heavy atom. The van der Waals surface area contributed by atoms with Crippen LogP contribution in [0.1, 0.15) is 31.1 Å². The molecule has 2 N–H and O–H groups in total. The number of benzene rings is 1. The smallest absolute Gasteiger partial charge is 0.119 e. The number of H-pyrrole nitrogens is 1. The molecule has 0 aliphatic heterocycles. The summed E-state index contributed by atoms with van der Waals surface area (Å²) in [5.74, 6) is 0.886. The Morgan fingerprint density at radius 3 is 2.61 bits per heavy atom. The Hall–Kier alpha value is -1.88. The fourth-order valence-electron chi connectivity index (χ4n) is 1.87. The van der Waals surface area contributed by atoms with Crippen molar-refractivity contribution >= 4 is 0 Å². The molecule has 1 heterocycles. The van der Waals surface area contributed by atoms with E-state index >= 15 is 0 Å². The summed E-state index contributed by atoms with van der Waals surface area (Å²) in [5.41, 5.74) is 2.04. The number of ether oxygens (including phenoxy) is 1. The molecule has 0 saturated carbocycles. The lowest BCUT2D eigenvalue weighted by molar-refractivity contribution is 0.340. The Kier molecular flexibility index (Phi) is 4.30. The number of hydrogen-bond donors (Lipinski definition) is 2. The van der Waals surface area contributed by atoms with Crippen molar-refractivity contribution in [1.82, 2.24) is 20.7 Å². The highest BCUT2D eigenvalue weighted by Gasteiger charge is 2.15. The van der Waals surface area contributed by atoms with E-state index < -0.39 is 0 Å². The van der Waals surface area contributed by atoms with Crippen LogP contribution in [0, 0.1) is 0 Å². The third kappa shape index (κ3) is 2.87. The first-order chi connectivity index (χ1) is 8.85. The van der Waals surface area contributed by atoms with E-state index in [0.717, 1.165) is 23.6 Å². The van der Waals surface area contributed by atoms with Crippen LogP contribution in [0.5, 0.6) is 5.75 Å². The molecule has 18 heavy (non-hydrogen) atoms. The maximum absolute atomic E-state index is 5.44. The van der Waals surface area contributed by atoms with Crippen molar-refractivity contribution in [1.29, 1.82) is 0 Å². The molecular weight excluding hydrogens is 228 g/mol. The van der Waals surface area contributed by atoms with E-state index in [9.17, 15) is 0 Å². The highest BCUT2D eigenvalue weighted by Crippen LogP contribution is 2.22. The van der Waals surface area contributed by atoms with E-state index in [0.29, 0.717) is 6.61 Å². The Balaban J connectivity index is 2.20. The van der Waals surface area contributed by atoms with Crippen LogP contribution in [0.25, 0.3) is 0 Å². The fourth-order valence-corrected chi connectivity index (χ4v) is 1.87. The average molecular weight is 246 g/mol. The molecule has 0 spiro atoms. The van der Waals surface area contributed by atoms with Crippen LogP contribution in [0.15, 0.2) is 30.5 Å². The Morgan fingerprint density at radius 2 is 2.06 bits per heavy atom. The topological polar surface area (TPSA) is 62.8 Å². The molecule has 1 aromatic carbocycles. The van der Waals surface area contributed by atoms with Crippen molar-refractivity contribution in [3.8, 4) is 5.75 Å². The van der Waals surface area contributed by atoms with Gasteiger partial charge in [-0.1, -0.05) is 19.1 Å². The zero-order valence-electron chi connectivity index (χ0n) is 10.7. The maximum atomic E-state index is 5.44. The van der Waals surface area contributed by atoms with Gasteiger partial charge in [0.1, 0.15) is 11.4 Å². The minimum atomic E-state index is 0.0597. The second-order valence-electron chi connectivity index (χ2n) is 3.89. The number of hydrogen-bond acceptors (Lipinski definition) is 4. The van der Waals surface area contributed by atoms with Gasteiger partial charge in [0.25, 0.3) is 0 Å². The van der Waals surface area contributed by atoms with Crippen LogP contribution in [0.4, 0.5) is 0 Å². The number of nitrogens with zero attached hydrogens (tertiary/aromatic N) is 2. The van der Waals surface area contributed by atoms with E-state index in [1.807, 2.05) is 31.2 Å². The van der Waals surface area contributed by atoms with Gasteiger partial charge < -0.3 is 10.1 Å². The van der Waals surface area contributed by atoms with Crippen LogP contribution < -0.4 is 10.1 Å². The quantitative estimate of drug-likeness (QED) is 0.817. The first-order valence-corrected chi connectivity index (χ1v) is 6.17. The zero-order chi connectivity index (χ0) is 12.8. The third-order valence-corrected chi connectivity index (χ3v) is 2.66. The standard InChI is InChI=1S/C13H18N4O/c1-3-14-13(12-9-15-17-16-12)10-5-7-11(8-6-10)18-4-2/h5-9,13-14H,3-4H2,1-2H3,(H,15,16,17). The lowest BCUT2D eigenvalue weighted by Gasteiger charge is -2.16. The molecular formula is C13H18N4O. The zero-order valence-corrected chi connectivity index (χ0v) is 10.7. The minimum absolute atomic E-state index is 0.0597. The molecule has 0 aliphatic rings. The molecule has 0 aliphatic carbocycles. The Labute approximate surface area is 107 Å². The molecule has 0 fully saturated rings. The monoisotopic (exact) mass is 246 g/mol. The first-order valence-electron chi connectivity index (χ1n) is 6.17. The summed E-state index contributed by atoms with van der Waals surface area (Å²) in [7, 11) is 0. The SMILES string of the molecule is CCNC(c1ccc(OCC)cc1)c1cn[nH]n1. The summed E-state index contributed by atoms with van der Waals surface area (Å²) < 4.78 is 5.44. The summed E-state index contributed by atoms with van der Waals surface area (Å²) in [6.07, 6.45) is 1.74. The van der Waals surface area contributed by atoms with Crippen LogP contribution in [-0.4, -0.2) is 28.6 Å². The van der Waals surface area contributed by atoms with E-state index in [1.54, 1.807) is 6.20 Å². The lowest BCUT2D eigenvalue weighted by Crippen LogP contribution is -2.22. The molecule has 2 aromatic rings. The molecule has 0 bridgehead atoms. The average Bonchev–Trinajstić information content (AvgIpc) is 2.91. The van der Waals surface area contributed by atoms with Gasteiger partial charge in [-0.2, -0.15) is 15.4 Å². The van der Waals surface area contributed by atoms with Crippen LogP contribution in [-0.2, 0) is 0 Å². The second kappa shape index (κ2) is 6.16. The van der Waals surface area contributed by atoms with Gasteiger partial charge in [0.05, 0.1) is 18.8 Å². The van der Waals surface area contributed by atoms with E-state index in [2.05, 4.69) is 27.7 Å². The number of aromatic amines is 1. The molecule has 0 amide bonds. The van der Waals surface area contributed by atoms with Crippen molar-refractivity contribution in [2.45, 2.75) is 19.9 Å². The van der Waals surface area contributed by atoms with Crippen molar-refractivity contribution in [2.24, 2.45) is 0 Å². The molecule has 1 unspecified atom stereocenters. The predicted molar refractivity (Wildman–Crippen MR) is 69.5 cm³/mol. The molecule has 1 aromatic heterocycles. The largest absolute Gasteiger partial charge is 0.494 e. The van der Waals surface area contributed by atoms with Crippen molar-refractivity contribution in [3.05, 3.63) is 41.7 Å². The van der Waals surface area contributed by atoms with Crippen LogP contribution >= 0.6 is 0 Å². The van der Waals surface area contributed by atoms with Crippen LogP contribution in [0.2, 0.25) is 0 Å². The number of aromatic nitrogens is 3. The molecule has 96 valence electrons. The summed E-state index contributed by atoms with van der Waals surface area (Å²) in [6, 6.07) is 8.11. The molecule has 5 heteroatoms. The molecule has 1 atom stereocenters. The van der Waals surface area contributed by atoms with Gasteiger partial charge >= 0.3 is 0 Å². The molecule has 0 radical (unpaired) electrons. The first kappa shape index (κ1) is 12.6. The van der Waals surface area contributed by atoms with Gasteiger partial charge in [0.15, 0.2) is 0 Å². The number of rotatable bonds is 6. The maximum Gasteiger partial charge on any atom is 0.119 e. The van der Waals surface area contributed by atoms with E-state index in [1.165, 1.54) is 0 Å². The van der Waals surface area contributed by atoms with Crippen LogP contribution in [0.3, 0.4) is 0 Å². The predicted octanol–water partition coefficient (Wildman–Crippen LogP) is 1.90. The molecule has 2 rings (SSSR count).